The Morgan fingerprint density at radius 1 is 1.24 bits per heavy atom. The number of aryl methyl sites for hydroxylation is 1. The third-order valence-corrected chi connectivity index (χ3v) is 6.21. The van der Waals surface area contributed by atoms with Crippen LogP contribution in [0.3, 0.4) is 0 Å². The van der Waals surface area contributed by atoms with Crippen LogP contribution in [0, 0.1) is 12.8 Å². The molecule has 6 nitrogen and oxygen atoms in total. The fraction of sp³-hybridized carbons (Fsp3) is 0.545. The van der Waals surface area contributed by atoms with Gasteiger partial charge in [-0.2, -0.15) is 0 Å². The molecular formula is C22H32N4O2S. The molecule has 0 aliphatic carbocycles. The predicted octanol–water partition coefficient (Wildman–Crippen LogP) is 3.62. The van der Waals surface area contributed by atoms with Gasteiger partial charge < -0.3 is 20.1 Å². The molecule has 1 fully saturated rings. The Balaban J connectivity index is 1.34. The number of guanidine groups is 1. The molecule has 1 aromatic carbocycles. The lowest BCUT2D eigenvalue weighted by Gasteiger charge is -2.21. The largest absolute Gasteiger partial charge is 0.381 e. The van der Waals surface area contributed by atoms with Crippen LogP contribution in [0.4, 0.5) is 0 Å². The van der Waals surface area contributed by atoms with Crippen molar-refractivity contribution in [2.24, 2.45) is 10.9 Å². The number of rotatable bonds is 9. The minimum atomic E-state index is 0.662. The van der Waals surface area contributed by atoms with E-state index < -0.39 is 0 Å². The highest BCUT2D eigenvalue weighted by atomic mass is 32.1. The van der Waals surface area contributed by atoms with Gasteiger partial charge in [0.1, 0.15) is 5.01 Å². The highest BCUT2D eigenvalue weighted by Gasteiger charge is 2.13. The normalized spacial score (nSPS) is 15.4. The van der Waals surface area contributed by atoms with Crippen LogP contribution in [0.15, 0.2) is 35.3 Å². The van der Waals surface area contributed by atoms with E-state index >= 15 is 0 Å². The summed E-state index contributed by atoms with van der Waals surface area (Å²) in [5.74, 6) is 1.47. The Morgan fingerprint density at radius 3 is 2.79 bits per heavy atom. The van der Waals surface area contributed by atoms with E-state index in [1.54, 1.807) is 18.4 Å². The van der Waals surface area contributed by atoms with Crippen LogP contribution < -0.4 is 10.6 Å². The molecule has 158 valence electrons. The SMILES string of the molecule is CN=C(NCCCOCC1CCOCC1)NCc1sc(-c2ccccc2)nc1C. The summed E-state index contributed by atoms with van der Waals surface area (Å²) in [6.45, 7) is 7.00. The van der Waals surface area contributed by atoms with Gasteiger partial charge in [-0.25, -0.2) is 4.98 Å². The lowest BCUT2D eigenvalue weighted by atomic mass is 10.0. The first-order valence-corrected chi connectivity index (χ1v) is 11.2. The van der Waals surface area contributed by atoms with Crippen molar-refractivity contribution in [1.29, 1.82) is 0 Å². The third-order valence-electron chi connectivity index (χ3n) is 5.01. The van der Waals surface area contributed by atoms with Crippen molar-refractivity contribution in [3.8, 4) is 10.6 Å². The molecule has 1 saturated heterocycles. The van der Waals surface area contributed by atoms with E-state index in [0.717, 1.165) is 81.0 Å². The molecule has 0 atom stereocenters. The van der Waals surface area contributed by atoms with Crippen LogP contribution in [0.25, 0.3) is 10.6 Å². The van der Waals surface area contributed by atoms with Crippen LogP contribution in [-0.2, 0) is 16.0 Å². The summed E-state index contributed by atoms with van der Waals surface area (Å²) in [5, 5.41) is 7.81. The van der Waals surface area contributed by atoms with Gasteiger partial charge in [-0.3, -0.25) is 4.99 Å². The van der Waals surface area contributed by atoms with E-state index in [4.69, 9.17) is 14.5 Å². The molecule has 0 spiro atoms. The van der Waals surface area contributed by atoms with Crippen molar-refractivity contribution in [2.75, 3.05) is 40.0 Å². The van der Waals surface area contributed by atoms with Crippen molar-refractivity contribution in [3.05, 3.63) is 40.9 Å². The summed E-state index contributed by atoms with van der Waals surface area (Å²) in [7, 11) is 1.80. The molecular weight excluding hydrogens is 384 g/mol. The standard InChI is InChI=1S/C22H32N4O2S/c1-17-20(29-21(26-17)19-7-4-3-5-8-19)15-25-22(23-2)24-11-6-12-28-16-18-9-13-27-14-10-18/h3-5,7-8,18H,6,9-16H2,1-2H3,(H2,23,24,25). The molecule has 0 bridgehead atoms. The average Bonchev–Trinajstić information content (AvgIpc) is 3.14. The van der Waals surface area contributed by atoms with Crippen molar-refractivity contribution in [3.63, 3.8) is 0 Å². The number of nitrogens with one attached hydrogen (secondary N) is 2. The summed E-state index contributed by atoms with van der Waals surface area (Å²) in [6.07, 6.45) is 3.21. The maximum absolute atomic E-state index is 5.82. The van der Waals surface area contributed by atoms with Gasteiger partial charge in [0.2, 0.25) is 0 Å². The Kier molecular flexibility index (Phi) is 8.92. The Hall–Kier alpha value is -1.96. The van der Waals surface area contributed by atoms with Crippen LogP contribution >= 0.6 is 11.3 Å². The zero-order chi connectivity index (χ0) is 20.3. The molecule has 29 heavy (non-hydrogen) atoms. The zero-order valence-corrected chi connectivity index (χ0v) is 18.3. The van der Waals surface area contributed by atoms with Crippen LogP contribution in [-0.4, -0.2) is 51.0 Å². The van der Waals surface area contributed by atoms with Crippen molar-refractivity contribution < 1.29 is 9.47 Å². The maximum Gasteiger partial charge on any atom is 0.191 e. The minimum absolute atomic E-state index is 0.662. The van der Waals surface area contributed by atoms with E-state index in [1.165, 1.54) is 4.88 Å². The van der Waals surface area contributed by atoms with E-state index in [-0.39, 0.29) is 0 Å². The van der Waals surface area contributed by atoms with Gasteiger partial charge >= 0.3 is 0 Å². The number of thiazole rings is 1. The Morgan fingerprint density at radius 2 is 2.03 bits per heavy atom. The van der Waals surface area contributed by atoms with Gasteiger partial charge in [0.25, 0.3) is 0 Å². The molecule has 2 N–H and O–H groups in total. The molecule has 0 amide bonds. The first-order chi connectivity index (χ1) is 14.3. The molecule has 3 rings (SSSR count). The summed E-state index contributed by atoms with van der Waals surface area (Å²) in [6, 6.07) is 10.3. The van der Waals surface area contributed by atoms with Gasteiger partial charge in [-0.05, 0) is 32.1 Å². The van der Waals surface area contributed by atoms with Crippen LogP contribution in [0.1, 0.15) is 29.8 Å². The second-order valence-electron chi connectivity index (χ2n) is 7.23. The highest BCUT2D eigenvalue weighted by molar-refractivity contribution is 7.15. The second-order valence-corrected chi connectivity index (χ2v) is 8.31. The molecule has 0 saturated carbocycles. The smallest absolute Gasteiger partial charge is 0.191 e. The van der Waals surface area contributed by atoms with Crippen molar-refractivity contribution in [1.82, 2.24) is 15.6 Å². The number of hydrogen-bond acceptors (Lipinski definition) is 5. The summed E-state index contributed by atoms with van der Waals surface area (Å²) < 4.78 is 11.2. The Labute approximate surface area is 177 Å². The molecule has 0 radical (unpaired) electrons. The van der Waals surface area contributed by atoms with Crippen LogP contribution in [0.2, 0.25) is 0 Å². The summed E-state index contributed by atoms with van der Waals surface area (Å²) >= 11 is 1.73. The number of ether oxygens (including phenoxy) is 2. The molecule has 7 heteroatoms. The predicted molar refractivity (Wildman–Crippen MR) is 119 cm³/mol. The summed E-state index contributed by atoms with van der Waals surface area (Å²) in [4.78, 5) is 10.3. The van der Waals surface area contributed by atoms with Crippen molar-refractivity contribution in [2.45, 2.75) is 32.7 Å². The van der Waals surface area contributed by atoms with Gasteiger partial charge in [0.05, 0.1) is 12.2 Å². The quantitative estimate of drug-likeness (QED) is 0.371. The fourth-order valence-electron chi connectivity index (χ4n) is 3.22. The number of benzene rings is 1. The van der Waals surface area contributed by atoms with E-state index in [2.05, 4.69) is 34.7 Å². The van der Waals surface area contributed by atoms with Gasteiger partial charge in [0.15, 0.2) is 5.96 Å². The second kappa shape index (κ2) is 11.9. The Bertz CT molecular complexity index is 757. The topological polar surface area (TPSA) is 67.8 Å². The van der Waals surface area contributed by atoms with Crippen LogP contribution in [0.5, 0.6) is 0 Å². The van der Waals surface area contributed by atoms with E-state index in [1.807, 2.05) is 18.2 Å². The molecule has 1 aliphatic rings. The average molecular weight is 417 g/mol. The van der Waals surface area contributed by atoms with Gasteiger partial charge in [-0.15, -0.1) is 11.3 Å². The number of aromatic nitrogens is 1. The summed E-state index contributed by atoms with van der Waals surface area (Å²) in [5.41, 5.74) is 2.23. The number of aliphatic imine (C=N–C) groups is 1. The first kappa shape index (κ1) is 21.7. The zero-order valence-electron chi connectivity index (χ0n) is 17.4. The van der Waals surface area contributed by atoms with Gasteiger partial charge in [0, 0.05) is 50.5 Å². The molecule has 1 aromatic heterocycles. The highest BCUT2D eigenvalue weighted by Crippen LogP contribution is 2.27. The maximum atomic E-state index is 5.82. The lowest BCUT2D eigenvalue weighted by Crippen LogP contribution is -2.37. The number of hydrogen-bond donors (Lipinski definition) is 2. The molecule has 0 unspecified atom stereocenters. The first-order valence-electron chi connectivity index (χ1n) is 10.4. The molecule has 2 heterocycles. The molecule has 2 aromatic rings. The third kappa shape index (κ3) is 7.10. The van der Waals surface area contributed by atoms with E-state index in [9.17, 15) is 0 Å². The fourth-order valence-corrected chi connectivity index (χ4v) is 4.23. The monoisotopic (exact) mass is 416 g/mol. The van der Waals surface area contributed by atoms with E-state index in [0.29, 0.717) is 5.92 Å². The molecule has 1 aliphatic heterocycles. The lowest BCUT2D eigenvalue weighted by molar-refractivity contribution is 0.0203. The van der Waals surface area contributed by atoms with Crippen molar-refractivity contribution >= 4 is 17.3 Å². The minimum Gasteiger partial charge on any atom is -0.381 e. The van der Waals surface area contributed by atoms with Gasteiger partial charge in [-0.1, -0.05) is 30.3 Å². The number of nitrogens with zero attached hydrogens (tertiary/aromatic N) is 2.